The standard InChI is InChI=1S/C20H24N6/c1-2-10-25(9-1)20-22-14-19(15-23-20)13-21-12-17-4-6-18(7-5-17)16-26-11-3-8-24-26/h3-8,11,14-15,21H,1-2,9-10,12-13,16H2. The van der Waals surface area contributed by atoms with Crippen LogP contribution in [0.1, 0.15) is 29.5 Å². The van der Waals surface area contributed by atoms with Crippen molar-refractivity contribution in [3.8, 4) is 0 Å². The Bertz CT molecular complexity index is 789. The number of hydrogen-bond acceptors (Lipinski definition) is 5. The van der Waals surface area contributed by atoms with E-state index >= 15 is 0 Å². The van der Waals surface area contributed by atoms with Gasteiger partial charge in [0.05, 0.1) is 6.54 Å². The highest BCUT2D eigenvalue weighted by molar-refractivity contribution is 5.31. The lowest BCUT2D eigenvalue weighted by Crippen LogP contribution is -2.20. The molecule has 0 spiro atoms. The summed E-state index contributed by atoms with van der Waals surface area (Å²) in [5.74, 6) is 0.860. The highest BCUT2D eigenvalue weighted by atomic mass is 15.3. The Morgan fingerprint density at radius 2 is 1.58 bits per heavy atom. The average molecular weight is 348 g/mol. The molecule has 0 atom stereocenters. The average Bonchev–Trinajstić information content (AvgIpc) is 3.38. The Morgan fingerprint density at radius 3 is 2.27 bits per heavy atom. The number of rotatable bonds is 7. The van der Waals surface area contributed by atoms with Gasteiger partial charge in [-0.15, -0.1) is 0 Å². The normalized spacial score (nSPS) is 14.1. The van der Waals surface area contributed by atoms with Crippen LogP contribution in [0.4, 0.5) is 5.95 Å². The SMILES string of the molecule is c1cnn(Cc2ccc(CNCc3cnc(N4CCCC4)nc3)cc2)c1. The number of hydrogen-bond donors (Lipinski definition) is 1. The summed E-state index contributed by atoms with van der Waals surface area (Å²) in [5, 5.41) is 7.70. The van der Waals surface area contributed by atoms with Crippen LogP contribution in [0.15, 0.2) is 55.1 Å². The van der Waals surface area contributed by atoms with E-state index in [0.717, 1.165) is 44.2 Å². The van der Waals surface area contributed by atoms with Gasteiger partial charge in [0.15, 0.2) is 0 Å². The second kappa shape index (κ2) is 8.10. The maximum atomic E-state index is 4.50. The summed E-state index contributed by atoms with van der Waals surface area (Å²) in [6.45, 7) is 4.56. The van der Waals surface area contributed by atoms with E-state index in [1.54, 1.807) is 6.20 Å². The third-order valence-corrected chi connectivity index (χ3v) is 4.67. The van der Waals surface area contributed by atoms with Gasteiger partial charge in [0.25, 0.3) is 0 Å². The fourth-order valence-electron chi connectivity index (χ4n) is 3.21. The zero-order valence-electron chi connectivity index (χ0n) is 14.9. The molecule has 0 aliphatic carbocycles. The Hall–Kier alpha value is -2.73. The number of nitrogens with one attached hydrogen (secondary N) is 1. The van der Waals surface area contributed by atoms with Crippen molar-refractivity contribution in [1.29, 1.82) is 0 Å². The molecule has 1 N–H and O–H groups in total. The Balaban J connectivity index is 1.25. The highest BCUT2D eigenvalue weighted by Crippen LogP contribution is 2.14. The molecule has 1 fully saturated rings. The second-order valence-electron chi connectivity index (χ2n) is 6.71. The van der Waals surface area contributed by atoms with E-state index in [1.807, 2.05) is 29.3 Å². The summed E-state index contributed by atoms with van der Waals surface area (Å²) in [4.78, 5) is 11.3. The van der Waals surface area contributed by atoms with Crippen molar-refractivity contribution >= 4 is 5.95 Å². The molecule has 3 aromatic rings. The molecular weight excluding hydrogens is 324 g/mol. The van der Waals surface area contributed by atoms with Gasteiger partial charge in [-0.3, -0.25) is 4.68 Å². The van der Waals surface area contributed by atoms with Crippen molar-refractivity contribution in [2.75, 3.05) is 18.0 Å². The monoisotopic (exact) mass is 348 g/mol. The van der Waals surface area contributed by atoms with Crippen LogP contribution in [0.5, 0.6) is 0 Å². The van der Waals surface area contributed by atoms with Gasteiger partial charge in [-0.05, 0) is 30.0 Å². The lowest BCUT2D eigenvalue weighted by molar-refractivity contribution is 0.680. The molecule has 0 bridgehead atoms. The van der Waals surface area contributed by atoms with Gasteiger partial charge in [-0.1, -0.05) is 24.3 Å². The molecule has 0 saturated carbocycles. The van der Waals surface area contributed by atoms with E-state index in [9.17, 15) is 0 Å². The van der Waals surface area contributed by atoms with E-state index in [2.05, 4.69) is 49.5 Å². The predicted octanol–water partition coefficient (Wildman–Crippen LogP) is 2.61. The minimum absolute atomic E-state index is 0.773. The molecule has 134 valence electrons. The highest BCUT2D eigenvalue weighted by Gasteiger charge is 2.14. The molecule has 6 nitrogen and oxygen atoms in total. The minimum atomic E-state index is 0.773. The Labute approximate surface area is 153 Å². The summed E-state index contributed by atoms with van der Waals surface area (Å²) >= 11 is 0. The van der Waals surface area contributed by atoms with Gasteiger partial charge >= 0.3 is 0 Å². The summed E-state index contributed by atoms with van der Waals surface area (Å²) < 4.78 is 1.93. The van der Waals surface area contributed by atoms with Crippen molar-refractivity contribution in [1.82, 2.24) is 25.1 Å². The lowest BCUT2D eigenvalue weighted by Gasteiger charge is -2.14. The number of nitrogens with zero attached hydrogens (tertiary/aromatic N) is 5. The topological polar surface area (TPSA) is 58.9 Å². The first-order valence-electron chi connectivity index (χ1n) is 9.19. The van der Waals surface area contributed by atoms with Crippen LogP contribution >= 0.6 is 0 Å². The van der Waals surface area contributed by atoms with Crippen LogP contribution in [-0.4, -0.2) is 32.8 Å². The fraction of sp³-hybridized carbons (Fsp3) is 0.350. The van der Waals surface area contributed by atoms with E-state index in [1.165, 1.54) is 24.0 Å². The first kappa shape index (κ1) is 16.7. The lowest BCUT2D eigenvalue weighted by atomic mass is 10.1. The van der Waals surface area contributed by atoms with Crippen LogP contribution < -0.4 is 10.2 Å². The van der Waals surface area contributed by atoms with Crippen LogP contribution in [0.3, 0.4) is 0 Å². The molecule has 2 aromatic heterocycles. The third kappa shape index (κ3) is 4.26. The summed E-state index contributed by atoms with van der Waals surface area (Å²) in [6.07, 6.45) is 10.1. The smallest absolute Gasteiger partial charge is 0.225 e. The molecular formula is C20H24N6. The maximum Gasteiger partial charge on any atom is 0.225 e. The summed E-state index contributed by atoms with van der Waals surface area (Å²) in [5.41, 5.74) is 3.63. The molecule has 1 saturated heterocycles. The first-order chi connectivity index (χ1) is 12.9. The molecule has 0 amide bonds. The van der Waals surface area contributed by atoms with Gasteiger partial charge in [0, 0.05) is 56.5 Å². The minimum Gasteiger partial charge on any atom is -0.341 e. The van der Waals surface area contributed by atoms with E-state index in [4.69, 9.17) is 0 Å². The zero-order chi connectivity index (χ0) is 17.6. The molecule has 6 heteroatoms. The van der Waals surface area contributed by atoms with E-state index < -0.39 is 0 Å². The van der Waals surface area contributed by atoms with Crippen molar-refractivity contribution < 1.29 is 0 Å². The first-order valence-corrected chi connectivity index (χ1v) is 9.19. The molecule has 1 aliphatic rings. The Morgan fingerprint density at radius 1 is 0.885 bits per heavy atom. The molecule has 0 unspecified atom stereocenters. The zero-order valence-corrected chi connectivity index (χ0v) is 14.9. The van der Waals surface area contributed by atoms with Crippen LogP contribution in [0.2, 0.25) is 0 Å². The number of aromatic nitrogens is 4. The summed E-state index contributed by atoms with van der Waals surface area (Å²) in [6, 6.07) is 10.6. The van der Waals surface area contributed by atoms with E-state index in [0.29, 0.717) is 0 Å². The third-order valence-electron chi connectivity index (χ3n) is 4.67. The van der Waals surface area contributed by atoms with Gasteiger partial charge in [-0.2, -0.15) is 5.10 Å². The van der Waals surface area contributed by atoms with Crippen LogP contribution in [0.25, 0.3) is 0 Å². The van der Waals surface area contributed by atoms with Crippen molar-refractivity contribution in [2.24, 2.45) is 0 Å². The van der Waals surface area contributed by atoms with Crippen LogP contribution in [0, 0.1) is 0 Å². The van der Waals surface area contributed by atoms with Crippen molar-refractivity contribution in [2.45, 2.75) is 32.5 Å². The number of benzene rings is 1. The largest absolute Gasteiger partial charge is 0.341 e. The summed E-state index contributed by atoms with van der Waals surface area (Å²) in [7, 11) is 0. The quantitative estimate of drug-likeness (QED) is 0.711. The van der Waals surface area contributed by atoms with Gasteiger partial charge in [0.2, 0.25) is 5.95 Å². The van der Waals surface area contributed by atoms with E-state index in [-0.39, 0.29) is 0 Å². The molecule has 3 heterocycles. The van der Waals surface area contributed by atoms with Crippen LogP contribution in [-0.2, 0) is 19.6 Å². The number of anilines is 1. The maximum absolute atomic E-state index is 4.50. The van der Waals surface area contributed by atoms with Gasteiger partial charge < -0.3 is 10.2 Å². The Kier molecular flexibility index (Phi) is 5.21. The van der Waals surface area contributed by atoms with Crippen molar-refractivity contribution in [3.05, 3.63) is 71.8 Å². The molecule has 1 aliphatic heterocycles. The fourth-order valence-corrected chi connectivity index (χ4v) is 3.21. The van der Waals surface area contributed by atoms with Gasteiger partial charge in [-0.25, -0.2) is 9.97 Å². The second-order valence-corrected chi connectivity index (χ2v) is 6.71. The predicted molar refractivity (Wildman–Crippen MR) is 102 cm³/mol. The molecule has 0 radical (unpaired) electrons. The molecule has 26 heavy (non-hydrogen) atoms. The molecule has 1 aromatic carbocycles. The molecule has 4 rings (SSSR count). The van der Waals surface area contributed by atoms with Gasteiger partial charge in [0.1, 0.15) is 0 Å². The van der Waals surface area contributed by atoms with Crippen molar-refractivity contribution in [3.63, 3.8) is 0 Å².